The molecule has 2 N–H and O–H groups in total. The highest BCUT2D eigenvalue weighted by Gasteiger charge is 2.28. The lowest BCUT2D eigenvalue weighted by Crippen LogP contribution is -2.27. The maximum Gasteiger partial charge on any atom is 0.229 e. The van der Waals surface area contributed by atoms with Crippen LogP contribution >= 0.6 is 0 Å². The van der Waals surface area contributed by atoms with Gasteiger partial charge in [-0.3, -0.25) is 4.79 Å². The Morgan fingerprint density at radius 3 is 3.16 bits per heavy atom. The molecule has 2 aliphatic heterocycles. The number of carbonyl (C=O) groups excluding carboxylic acids is 1. The van der Waals surface area contributed by atoms with E-state index in [0.717, 1.165) is 31.6 Å². The Balaban J connectivity index is 1.74. The van der Waals surface area contributed by atoms with Crippen molar-refractivity contribution in [1.29, 1.82) is 0 Å². The smallest absolute Gasteiger partial charge is 0.229 e. The van der Waals surface area contributed by atoms with Crippen molar-refractivity contribution in [2.45, 2.75) is 32.4 Å². The van der Waals surface area contributed by atoms with Crippen LogP contribution in [0.15, 0.2) is 18.2 Å². The summed E-state index contributed by atoms with van der Waals surface area (Å²) in [6.45, 7) is 4.41. The molecule has 19 heavy (non-hydrogen) atoms. The number of benzene rings is 1. The lowest BCUT2D eigenvalue weighted by molar-refractivity contribution is -0.119. The molecule has 2 aliphatic rings. The Kier molecular flexibility index (Phi) is 3.53. The van der Waals surface area contributed by atoms with Crippen molar-refractivity contribution < 1.29 is 9.53 Å². The van der Waals surface area contributed by atoms with Gasteiger partial charge in [0, 0.05) is 12.2 Å². The summed E-state index contributed by atoms with van der Waals surface area (Å²) >= 11 is 0. The topological polar surface area (TPSA) is 50.4 Å². The van der Waals surface area contributed by atoms with Gasteiger partial charge in [-0.05, 0) is 43.5 Å². The number of hydrogen-bond donors (Lipinski definition) is 2. The number of amides is 1. The lowest BCUT2D eigenvalue weighted by Gasteiger charge is -2.21. The van der Waals surface area contributed by atoms with Gasteiger partial charge in [-0.1, -0.05) is 12.1 Å². The molecule has 0 aromatic heterocycles. The average Bonchev–Trinajstić information content (AvgIpc) is 2.86. The third-order valence-corrected chi connectivity index (χ3v) is 3.97. The van der Waals surface area contributed by atoms with E-state index < -0.39 is 0 Å². The van der Waals surface area contributed by atoms with E-state index in [0.29, 0.717) is 6.61 Å². The fourth-order valence-electron chi connectivity index (χ4n) is 2.87. The number of ether oxygens (including phenoxy) is 1. The average molecular weight is 260 g/mol. The van der Waals surface area contributed by atoms with Crippen LogP contribution in [0, 0.1) is 5.92 Å². The van der Waals surface area contributed by atoms with Crippen LogP contribution < -0.4 is 10.6 Å². The van der Waals surface area contributed by atoms with E-state index in [1.807, 2.05) is 19.1 Å². The zero-order valence-corrected chi connectivity index (χ0v) is 11.2. The fraction of sp³-hybridized carbons (Fsp3) is 0.533. The van der Waals surface area contributed by atoms with E-state index in [1.54, 1.807) is 0 Å². The highest BCUT2D eigenvalue weighted by atomic mass is 16.5. The molecule has 2 atom stereocenters. The molecule has 0 aliphatic carbocycles. The zero-order chi connectivity index (χ0) is 13.2. The van der Waals surface area contributed by atoms with Gasteiger partial charge < -0.3 is 15.4 Å². The third-order valence-electron chi connectivity index (χ3n) is 3.97. The molecule has 0 bridgehead atoms. The van der Waals surface area contributed by atoms with Crippen LogP contribution in [0.4, 0.5) is 5.69 Å². The van der Waals surface area contributed by atoms with E-state index in [4.69, 9.17) is 4.74 Å². The predicted molar refractivity (Wildman–Crippen MR) is 74.0 cm³/mol. The van der Waals surface area contributed by atoms with Crippen LogP contribution in [-0.2, 0) is 22.5 Å². The quantitative estimate of drug-likeness (QED) is 0.851. The Labute approximate surface area is 113 Å². The largest absolute Gasteiger partial charge is 0.378 e. The summed E-state index contributed by atoms with van der Waals surface area (Å²) in [6, 6.07) is 6.16. The molecule has 4 nitrogen and oxygen atoms in total. The molecule has 1 saturated heterocycles. The number of carbonyl (C=O) groups is 1. The van der Waals surface area contributed by atoms with Crippen LogP contribution in [0.25, 0.3) is 0 Å². The predicted octanol–water partition coefficient (Wildman–Crippen LogP) is 1.70. The first-order chi connectivity index (χ1) is 9.24. The first-order valence-corrected chi connectivity index (χ1v) is 6.98. The number of fused-ring (bicyclic) bond motifs is 1. The lowest BCUT2D eigenvalue weighted by atomic mass is 9.98. The van der Waals surface area contributed by atoms with Crippen molar-refractivity contribution in [2.75, 3.05) is 18.5 Å². The first kappa shape index (κ1) is 12.6. The molecule has 1 amide bonds. The van der Waals surface area contributed by atoms with Crippen molar-refractivity contribution in [2.24, 2.45) is 5.92 Å². The summed E-state index contributed by atoms with van der Waals surface area (Å²) in [5.41, 5.74) is 3.52. The van der Waals surface area contributed by atoms with E-state index in [1.165, 1.54) is 11.1 Å². The van der Waals surface area contributed by atoms with Gasteiger partial charge in [-0.15, -0.1) is 0 Å². The van der Waals surface area contributed by atoms with E-state index in [2.05, 4.69) is 16.7 Å². The van der Waals surface area contributed by atoms with Crippen molar-refractivity contribution in [3.8, 4) is 0 Å². The maximum absolute atomic E-state index is 12.2. The molecule has 3 rings (SSSR count). The Morgan fingerprint density at radius 2 is 2.37 bits per heavy atom. The molecule has 4 heteroatoms. The van der Waals surface area contributed by atoms with Gasteiger partial charge in [0.05, 0.1) is 18.6 Å². The van der Waals surface area contributed by atoms with Crippen LogP contribution in [0.3, 0.4) is 0 Å². The second-order valence-electron chi connectivity index (χ2n) is 5.44. The molecular weight excluding hydrogens is 240 g/mol. The van der Waals surface area contributed by atoms with Crippen LogP contribution in [0.1, 0.15) is 24.5 Å². The summed E-state index contributed by atoms with van der Waals surface area (Å²) < 4.78 is 5.46. The summed E-state index contributed by atoms with van der Waals surface area (Å²) in [4.78, 5) is 12.2. The molecule has 2 unspecified atom stereocenters. The summed E-state index contributed by atoms with van der Waals surface area (Å²) in [5.74, 6) is 0.0747. The minimum absolute atomic E-state index is 0.0117. The third kappa shape index (κ3) is 2.65. The van der Waals surface area contributed by atoms with E-state index in [-0.39, 0.29) is 17.9 Å². The molecule has 102 valence electrons. The van der Waals surface area contributed by atoms with Gasteiger partial charge in [-0.25, -0.2) is 0 Å². The number of anilines is 1. The first-order valence-electron chi connectivity index (χ1n) is 6.98. The summed E-state index contributed by atoms with van der Waals surface area (Å²) in [7, 11) is 0. The summed E-state index contributed by atoms with van der Waals surface area (Å²) in [5, 5.41) is 6.43. The molecule has 1 fully saturated rings. The Morgan fingerprint density at radius 1 is 1.47 bits per heavy atom. The van der Waals surface area contributed by atoms with Gasteiger partial charge in [-0.2, -0.15) is 0 Å². The number of rotatable bonds is 2. The second-order valence-corrected chi connectivity index (χ2v) is 5.44. The molecule has 0 spiro atoms. The SMILES string of the molecule is CC1CC(C(=O)Nc2cccc3c2CNCC3)CO1. The fourth-order valence-corrected chi connectivity index (χ4v) is 2.87. The van der Waals surface area contributed by atoms with Crippen LogP contribution in [0.5, 0.6) is 0 Å². The standard InChI is InChI=1S/C15H20N2O2/c1-10-7-12(9-19-10)15(18)17-14-4-2-3-11-5-6-16-8-13(11)14/h2-4,10,12,16H,5-9H2,1H3,(H,17,18). The number of nitrogens with one attached hydrogen (secondary N) is 2. The van der Waals surface area contributed by atoms with Gasteiger partial charge in [0.2, 0.25) is 5.91 Å². The summed E-state index contributed by atoms with van der Waals surface area (Å²) in [6.07, 6.45) is 2.05. The van der Waals surface area contributed by atoms with Gasteiger partial charge in [0.1, 0.15) is 0 Å². The molecular formula is C15H20N2O2. The second kappa shape index (κ2) is 5.31. The van der Waals surface area contributed by atoms with Gasteiger partial charge in [0.15, 0.2) is 0 Å². The van der Waals surface area contributed by atoms with Gasteiger partial charge >= 0.3 is 0 Å². The highest BCUT2D eigenvalue weighted by Crippen LogP contribution is 2.25. The minimum Gasteiger partial charge on any atom is -0.378 e. The molecule has 2 heterocycles. The van der Waals surface area contributed by atoms with Crippen molar-refractivity contribution >= 4 is 11.6 Å². The maximum atomic E-state index is 12.2. The zero-order valence-electron chi connectivity index (χ0n) is 11.2. The van der Waals surface area contributed by atoms with Crippen LogP contribution in [0.2, 0.25) is 0 Å². The molecule has 1 aromatic rings. The van der Waals surface area contributed by atoms with E-state index in [9.17, 15) is 4.79 Å². The van der Waals surface area contributed by atoms with Crippen molar-refractivity contribution in [3.05, 3.63) is 29.3 Å². The normalized spacial score (nSPS) is 25.9. The monoisotopic (exact) mass is 260 g/mol. The minimum atomic E-state index is -0.0117. The van der Waals surface area contributed by atoms with Gasteiger partial charge in [0.25, 0.3) is 0 Å². The Hall–Kier alpha value is -1.39. The number of hydrogen-bond acceptors (Lipinski definition) is 3. The molecule has 0 saturated carbocycles. The van der Waals surface area contributed by atoms with Crippen LogP contribution in [-0.4, -0.2) is 25.2 Å². The Bertz CT molecular complexity index is 487. The van der Waals surface area contributed by atoms with Crippen molar-refractivity contribution in [3.63, 3.8) is 0 Å². The molecule has 0 radical (unpaired) electrons. The highest BCUT2D eigenvalue weighted by molar-refractivity contribution is 5.93. The molecule has 1 aromatic carbocycles. The van der Waals surface area contributed by atoms with E-state index >= 15 is 0 Å². The van der Waals surface area contributed by atoms with Crippen molar-refractivity contribution in [1.82, 2.24) is 5.32 Å².